The maximum Gasteiger partial charge on any atom is 0.430 e. The zero-order valence-electron chi connectivity index (χ0n) is 19.0. The number of nitrogens with zero attached hydrogens (tertiary/aromatic N) is 1. The van der Waals surface area contributed by atoms with Gasteiger partial charge in [-0.2, -0.15) is 13.2 Å². The normalized spacial score (nSPS) is 24.3. The summed E-state index contributed by atoms with van der Waals surface area (Å²) in [5.74, 6) is -2.23. The fourth-order valence-corrected chi connectivity index (χ4v) is 6.51. The van der Waals surface area contributed by atoms with Gasteiger partial charge in [0.05, 0.1) is 12.1 Å². The first kappa shape index (κ1) is 22.3. The van der Waals surface area contributed by atoms with Gasteiger partial charge in [-0.05, 0) is 57.9 Å². The molecular formula is C28H24F3NO3. The second-order valence-electron chi connectivity index (χ2n) is 10.2. The molecule has 1 saturated carbocycles. The van der Waals surface area contributed by atoms with Crippen LogP contribution in [0.5, 0.6) is 0 Å². The van der Waals surface area contributed by atoms with Gasteiger partial charge in [0, 0.05) is 12.1 Å². The van der Waals surface area contributed by atoms with Crippen LogP contribution in [0.4, 0.5) is 13.2 Å². The maximum atomic E-state index is 14.2. The Bertz CT molecular complexity index is 1380. The number of hydrogen-bond donors (Lipinski definition) is 1. The number of hydrogen-bond acceptors (Lipinski definition) is 3. The Balaban J connectivity index is 1.56. The molecule has 1 fully saturated rings. The lowest BCUT2D eigenvalue weighted by Crippen LogP contribution is -2.55. The standard InChI is InChI=1S/C28H24F3NO3/c29-28(30,31)27(35)24-22(14-26(15-23(24)33)11-5-6-12-26)32(25(27)34)16-21-19-9-3-1-7-17(19)13-18-8-2-4-10-20(18)21/h1-4,7-10,13,35H,5-6,11-12,14-16H2/t27-/m1/s1. The number of carbonyl (C=O) groups excluding carboxylic acids is 2. The SMILES string of the molecule is O=C1CC2(CCCC2)CC2=C1[C@](O)(C(F)(F)F)C(=O)N2Cc1c2ccccc2cc2ccccc12. The van der Waals surface area contributed by atoms with Crippen LogP contribution < -0.4 is 0 Å². The molecule has 0 radical (unpaired) electrons. The Kier molecular flexibility index (Phi) is 4.71. The Morgan fingerprint density at radius 3 is 2.03 bits per heavy atom. The minimum Gasteiger partial charge on any atom is -0.368 e. The van der Waals surface area contributed by atoms with E-state index in [4.69, 9.17) is 0 Å². The van der Waals surface area contributed by atoms with E-state index in [1.54, 1.807) is 0 Å². The third-order valence-electron chi connectivity index (χ3n) is 8.16. The summed E-state index contributed by atoms with van der Waals surface area (Å²) in [5.41, 5.74) is -4.27. The minimum absolute atomic E-state index is 0.0463. The van der Waals surface area contributed by atoms with E-state index in [0.717, 1.165) is 52.1 Å². The molecule has 0 bridgehead atoms. The van der Waals surface area contributed by atoms with Crippen molar-refractivity contribution < 1.29 is 27.9 Å². The number of fused-ring (bicyclic) bond motifs is 2. The van der Waals surface area contributed by atoms with Crippen molar-refractivity contribution in [2.45, 2.75) is 56.8 Å². The minimum atomic E-state index is -5.30. The van der Waals surface area contributed by atoms with Crippen LogP contribution in [0, 0.1) is 5.41 Å². The second-order valence-corrected chi connectivity index (χ2v) is 10.2. The van der Waals surface area contributed by atoms with E-state index in [9.17, 15) is 27.9 Å². The molecule has 0 unspecified atom stereocenters. The first-order chi connectivity index (χ1) is 16.6. The van der Waals surface area contributed by atoms with Crippen LogP contribution in [0.2, 0.25) is 0 Å². The molecule has 4 nitrogen and oxygen atoms in total. The Morgan fingerprint density at radius 2 is 1.46 bits per heavy atom. The Labute approximate surface area is 200 Å². The smallest absolute Gasteiger partial charge is 0.368 e. The number of ketones is 1. The summed E-state index contributed by atoms with van der Waals surface area (Å²) in [5, 5.41) is 14.3. The third-order valence-corrected chi connectivity index (χ3v) is 8.16. The van der Waals surface area contributed by atoms with Crippen LogP contribution in [-0.4, -0.2) is 33.5 Å². The van der Waals surface area contributed by atoms with Crippen molar-refractivity contribution >= 4 is 33.2 Å². The van der Waals surface area contributed by atoms with E-state index in [0.29, 0.717) is 5.56 Å². The molecule has 0 saturated heterocycles. The number of amides is 1. The van der Waals surface area contributed by atoms with Gasteiger partial charge in [-0.15, -0.1) is 0 Å². The molecule has 1 spiro atoms. The molecule has 2 aliphatic carbocycles. The zero-order chi connectivity index (χ0) is 24.6. The molecular weight excluding hydrogens is 455 g/mol. The predicted octanol–water partition coefficient (Wildman–Crippen LogP) is 5.81. The van der Waals surface area contributed by atoms with Gasteiger partial charge in [0.25, 0.3) is 11.5 Å². The highest BCUT2D eigenvalue weighted by molar-refractivity contribution is 6.11. The van der Waals surface area contributed by atoms with Crippen molar-refractivity contribution in [3.8, 4) is 0 Å². The average Bonchev–Trinajstić information content (AvgIpc) is 3.35. The number of carbonyl (C=O) groups is 2. The molecule has 3 aliphatic rings. The molecule has 7 heteroatoms. The maximum absolute atomic E-state index is 14.2. The lowest BCUT2D eigenvalue weighted by Gasteiger charge is -2.36. The molecule has 0 aromatic heterocycles. The van der Waals surface area contributed by atoms with Crippen molar-refractivity contribution in [2.75, 3.05) is 0 Å². The molecule has 1 heterocycles. The van der Waals surface area contributed by atoms with Crippen molar-refractivity contribution in [1.29, 1.82) is 0 Å². The molecule has 35 heavy (non-hydrogen) atoms. The van der Waals surface area contributed by atoms with Crippen molar-refractivity contribution in [3.63, 3.8) is 0 Å². The van der Waals surface area contributed by atoms with Crippen LogP contribution in [-0.2, 0) is 16.1 Å². The topological polar surface area (TPSA) is 57.6 Å². The summed E-state index contributed by atoms with van der Waals surface area (Å²) in [6.07, 6.45) is -1.87. The molecule has 1 atom stereocenters. The van der Waals surface area contributed by atoms with Gasteiger partial charge in [0.1, 0.15) is 0 Å². The van der Waals surface area contributed by atoms with Crippen LogP contribution in [0.15, 0.2) is 65.9 Å². The number of benzene rings is 3. The van der Waals surface area contributed by atoms with Crippen molar-refractivity contribution in [1.82, 2.24) is 4.90 Å². The molecule has 1 amide bonds. The van der Waals surface area contributed by atoms with Gasteiger partial charge in [0.15, 0.2) is 5.78 Å². The van der Waals surface area contributed by atoms with Crippen molar-refractivity contribution in [2.24, 2.45) is 5.41 Å². The van der Waals surface area contributed by atoms with E-state index in [2.05, 4.69) is 0 Å². The van der Waals surface area contributed by atoms with Gasteiger partial charge in [-0.25, -0.2) is 0 Å². The van der Waals surface area contributed by atoms with Crippen LogP contribution in [0.25, 0.3) is 21.5 Å². The lowest BCUT2D eigenvalue weighted by molar-refractivity contribution is -0.238. The molecule has 3 aromatic rings. The molecule has 1 N–H and O–H groups in total. The van der Waals surface area contributed by atoms with Gasteiger partial charge < -0.3 is 10.0 Å². The zero-order valence-corrected chi connectivity index (χ0v) is 19.0. The molecule has 3 aromatic carbocycles. The largest absolute Gasteiger partial charge is 0.430 e. The molecule has 6 rings (SSSR count). The quantitative estimate of drug-likeness (QED) is 0.472. The van der Waals surface area contributed by atoms with Gasteiger partial charge in [-0.1, -0.05) is 61.4 Å². The van der Waals surface area contributed by atoms with Crippen LogP contribution >= 0.6 is 0 Å². The van der Waals surface area contributed by atoms with Gasteiger partial charge in [-0.3, -0.25) is 9.59 Å². The summed E-state index contributed by atoms with van der Waals surface area (Å²) >= 11 is 0. The van der Waals surface area contributed by atoms with E-state index < -0.39 is 34.5 Å². The number of rotatable bonds is 2. The monoisotopic (exact) mass is 479 g/mol. The molecule has 1 aliphatic heterocycles. The average molecular weight is 479 g/mol. The number of allylic oxidation sites excluding steroid dienone is 1. The van der Waals surface area contributed by atoms with E-state index in [1.165, 1.54) is 0 Å². The number of Topliss-reactive ketones (excluding diaryl/α,β-unsaturated/α-hetero) is 1. The van der Waals surface area contributed by atoms with Crippen LogP contribution in [0.1, 0.15) is 44.1 Å². The van der Waals surface area contributed by atoms with E-state index in [-0.39, 0.29) is 25.1 Å². The lowest BCUT2D eigenvalue weighted by atomic mass is 9.70. The summed E-state index contributed by atoms with van der Waals surface area (Å²) in [6, 6.07) is 17.1. The Hall–Kier alpha value is -3.19. The summed E-state index contributed by atoms with van der Waals surface area (Å²) in [6.45, 7) is -0.152. The first-order valence-electron chi connectivity index (χ1n) is 11.9. The molecule has 180 valence electrons. The highest BCUT2D eigenvalue weighted by atomic mass is 19.4. The summed E-state index contributed by atoms with van der Waals surface area (Å²) in [4.78, 5) is 27.6. The highest BCUT2D eigenvalue weighted by Crippen LogP contribution is 2.56. The first-order valence-corrected chi connectivity index (χ1v) is 11.9. The predicted molar refractivity (Wildman–Crippen MR) is 125 cm³/mol. The van der Waals surface area contributed by atoms with Crippen molar-refractivity contribution in [3.05, 3.63) is 71.4 Å². The van der Waals surface area contributed by atoms with E-state index >= 15 is 0 Å². The van der Waals surface area contributed by atoms with E-state index in [1.807, 2.05) is 54.6 Å². The van der Waals surface area contributed by atoms with Crippen LogP contribution in [0.3, 0.4) is 0 Å². The summed E-state index contributed by atoms with van der Waals surface area (Å²) < 4.78 is 42.7. The van der Waals surface area contributed by atoms with Gasteiger partial charge >= 0.3 is 6.18 Å². The summed E-state index contributed by atoms with van der Waals surface area (Å²) in [7, 11) is 0. The third kappa shape index (κ3) is 3.10. The Morgan fingerprint density at radius 1 is 0.886 bits per heavy atom. The number of halogens is 3. The second kappa shape index (κ2) is 7.40. The number of alkyl halides is 3. The fraction of sp³-hybridized carbons (Fsp3) is 0.357. The fourth-order valence-electron chi connectivity index (χ4n) is 6.51. The van der Waals surface area contributed by atoms with Gasteiger partial charge in [0.2, 0.25) is 0 Å². The highest BCUT2D eigenvalue weighted by Gasteiger charge is 2.70. The number of aliphatic hydroxyl groups is 1.